The summed E-state index contributed by atoms with van der Waals surface area (Å²) in [6.45, 7) is 3.42. The quantitative estimate of drug-likeness (QED) is 0.452. The molecule has 2 saturated heterocycles. The number of ether oxygens (including phenoxy) is 1. The number of nitrogens with zero attached hydrogens (tertiary/aromatic N) is 1. The lowest BCUT2D eigenvalue weighted by Gasteiger charge is -2.33. The van der Waals surface area contributed by atoms with Crippen LogP contribution in [0.2, 0.25) is 0 Å². The monoisotopic (exact) mass is 359 g/mol. The second-order valence-corrected chi connectivity index (χ2v) is 6.44. The molecule has 2 amide bonds. The molecule has 1 aromatic rings. The number of nitrogens with one attached hydrogen (secondary N) is 4. The average molecular weight is 359 g/mol. The molecule has 4 N–H and O–H groups in total. The van der Waals surface area contributed by atoms with Gasteiger partial charge in [0.25, 0.3) is 0 Å². The van der Waals surface area contributed by atoms with Crippen molar-refractivity contribution in [2.75, 3.05) is 50.6 Å². The van der Waals surface area contributed by atoms with Crippen molar-refractivity contribution in [1.29, 1.82) is 5.41 Å². The molecule has 2 aliphatic heterocycles. The lowest BCUT2D eigenvalue weighted by molar-refractivity contribution is -0.134. The normalized spacial score (nSPS) is 20.5. The van der Waals surface area contributed by atoms with E-state index in [0.717, 1.165) is 43.3 Å². The van der Waals surface area contributed by atoms with E-state index in [9.17, 15) is 9.59 Å². The molecule has 0 aliphatic carbocycles. The number of hydrogen-bond donors (Lipinski definition) is 4. The van der Waals surface area contributed by atoms with Gasteiger partial charge in [0.05, 0.1) is 24.4 Å². The van der Waals surface area contributed by atoms with Crippen LogP contribution in [0.5, 0.6) is 5.75 Å². The Bertz CT molecular complexity index is 728. The van der Waals surface area contributed by atoms with Crippen molar-refractivity contribution in [3.63, 3.8) is 0 Å². The zero-order valence-electron chi connectivity index (χ0n) is 15.1. The predicted molar refractivity (Wildman–Crippen MR) is 100 cm³/mol. The van der Waals surface area contributed by atoms with Crippen molar-refractivity contribution in [3.05, 3.63) is 17.7 Å². The number of benzene rings is 1. The Morgan fingerprint density at radius 1 is 1.31 bits per heavy atom. The number of anilines is 2. The van der Waals surface area contributed by atoms with Crippen LogP contribution in [0, 0.1) is 11.3 Å². The Balaban J connectivity index is 2.00. The molecule has 0 aromatic heterocycles. The third kappa shape index (κ3) is 3.37. The van der Waals surface area contributed by atoms with Gasteiger partial charge in [-0.05, 0) is 18.6 Å². The fourth-order valence-electron chi connectivity index (χ4n) is 3.57. The van der Waals surface area contributed by atoms with Gasteiger partial charge in [0, 0.05) is 45.2 Å². The smallest absolute Gasteiger partial charge is 0.235 e. The number of piperidine rings is 1. The van der Waals surface area contributed by atoms with Crippen molar-refractivity contribution in [2.45, 2.75) is 12.8 Å². The topological polar surface area (TPSA) is 107 Å². The molecule has 2 aliphatic rings. The minimum absolute atomic E-state index is 0.221. The molecule has 1 atom stereocenters. The fraction of sp³-hybridized carbons (Fsp3) is 0.500. The molecular formula is C18H25N5O3. The molecule has 2 heterocycles. The van der Waals surface area contributed by atoms with Crippen LogP contribution in [-0.2, 0) is 9.59 Å². The van der Waals surface area contributed by atoms with Crippen LogP contribution in [0.4, 0.5) is 11.4 Å². The Morgan fingerprint density at radius 2 is 2.04 bits per heavy atom. The van der Waals surface area contributed by atoms with Gasteiger partial charge in [-0.3, -0.25) is 14.9 Å². The van der Waals surface area contributed by atoms with Crippen LogP contribution in [0.3, 0.4) is 0 Å². The van der Waals surface area contributed by atoms with E-state index < -0.39 is 11.8 Å². The summed E-state index contributed by atoms with van der Waals surface area (Å²) in [5, 5.41) is 17.5. The molecule has 0 spiro atoms. The summed E-state index contributed by atoms with van der Waals surface area (Å²) in [5.41, 5.74) is 2.57. The summed E-state index contributed by atoms with van der Waals surface area (Å²) in [7, 11) is 3.44. The minimum atomic E-state index is -0.621. The lowest BCUT2D eigenvalue weighted by atomic mass is 9.88. The molecule has 26 heavy (non-hydrogen) atoms. The van der Waals surface area contributed by atoms with E-state index in [1.54, 1.807) is 7.11 Å². The zero-order valence-corrected chi connectivity index (χ0v) is 15.1. The zero-order chi connectivity index (χ0) is 18.7. The molecule has 0 bridgehead atoms. The lowest BCUT2D eigenvalue weighted by Crippen LogP contribution is -2.45. The highest BCUT2D eigenvalue weighted by Gasteiger charge is 2.33. The number of methoxy groups -OCH3 is 1. The standard InChI is InChI=1S/C18H25N5O3/c1-20-16-11(15(19)12-4-6-14(24)22-18(12)25)3-5-13(26-2)17(16)23-9-7-21-8-10-23/h3,5,12,19-21H,4,6-10H2,1-2H3,(H,22,24,25). The van der Waals surface area contributed by atoms with Crippen LogP contribution in [-0.4, -0.2) is 57.9 Å². The second kappa shape index (κ2) is 7.74. The molecular weight excluding hydrogens is 334 g/mol. The Kier molecular flexibility index (Phi) is 5.41. The maximum Gasteiger partial charge on any atom is 0.235 e. The van der Waals surface area contributed by atoms with Crippen molar-refractivity contribution < 1.29 is 14.3 Å². The first-order valence-corrected chi connectivity index (χ1v) is 8.83. The summed E-state index contributed by atoms with van der Waals surface area (Å²) in [4.78, 5) is 25.8. The Morgan fingerprint density at radius 3 is 2.65 bits per heavy atom. The molecule has 8 nitrogen and oxygen atoms in total. The van der Waals surface area contributed by atoms with Gasteiger partial charge in [-0.1, -0.05) is 0 Å². The number of carbonyl (C=O) groups is 2. The van der Waals surface area contributed by atoms with Gasteiger partial charge in [0.2, 0.25) is 11.8 Å². The van der Waals surface area contributed by atoms with Crippen LogP contribution in [0.15, 0.2) is 12.1 Å². The number of hydrogen-bond acceptors (Lipinski definition) is 7. The van der Waals surface area contributed by atoms with E-state index >= 15 is 0 Å². The number of rotatable bonds is 5. The molecule has 1 unspecified atom stereocenters. The largest absolute Gasteiger partial charge is 0.495 e. The molecule has 0 saturated carbocycles. The van der Waals surface area contributed by atoms with Crippen molar-refractivity contribution in [3.8, 4) is 5.75 Å². The number of imide groups is 1. The average Bonchev–Trinajstić information content (AvgIpc) is 2.67. The highest BCUT2D eigenvalue weighted by molar-refractivity contribution is 6.18. The number of piperazine rings is 1. The summed E-state index contributed by atoms with van der Waals surface area (Å²) in [6, 6.07) is 3.65. The third-order valence-corrected chi connectivity index (χ3v) is 4.92. The fourth-order valence-corrected chi connectivity index (χ4v) is 3.57. The van der Waals surface area contributed by atoms with Crippen molar-refractivity contribution in [2.24, 2.45) is 5.92 Å². The van der Waals surface area contributed by atoms with Crippen LogP contribution in [0.25, 0.3) is 0 Å². The van der Waals surface area contributed by atoms with E-state index in [2.05, 4.69) is 20.9 Å². The van der Waals surface area contributed by atoms with Gasteiger partial charge < -0.3 is 25.7 Å². The van der Waals surface area contributed by atoms with Gasteiger partial charge >= 0.3 is 0 Å². The summed E-state index contributed by atoms with van der Waals surface area (Å²) in [6.07, 6.45) is 0.621. The van der Waals surface area contributed by atoms with Gasteiger partial charge in [0.15, 0.2) is 0 Å². The molecule has 3 rings (SSSR count). The Labute approximate surface area is 152 Å². The van der Waals surface area contributed by atoms with E-state index in [-0.39, 0.29) is 18.0 Å². The molecule has 0 radical (unpaired) electrons. The minimum Gasteiger partial charge on any atom is -0.495 e. The number of carbonyl (C=O) groups excluding carboxylic acids is 2. The SMILES string of the molecule is CNc1c(C(=N)C2CCC(=O)NC2=O)ccc(OC)c1N1CCNCC1. The van der Waals surface area contributed by atoms with Crippen LogP contribution >= 0.6 is 0 Å². The highest BCUT2D eigenvalue weighted by atomic mass is 16.5. The van der Waals surface area contributed by atoms with E-state index in [4.69, 9.17) is 10.1 Å². The van der Waals surface area contributed by atoms with Crippen LogP contribution in [0.1, 0.15) is 18.4 Å². The molecule has 140 valence electrons. The maximum atomic E-state index is 12.2. The first kappa shape index (κ1) is 18.2. The van der Waals surface area contributed by atoms with Gasteiger partial charge in [-0.25, -0.2) is 0 Å². The van der Waals surface area contributed by atoms with Gasteiger partial charge in [-0.2, -0.15) is 0 Å². The van der Waals surface area contributed by atoms with E-state index in [1.165, 1.54) is 0 Å². The maximum absolute atomic E-state index is 12.2. The summed E-state index contributed by atoms with van der Waals surface area (Å²) >= 11 is 0. The third-order valence-electron chi connectivity index (χ3n) is 4.92. The second-order valence-electron chi connectivity index (χ2n) is 6.44. The highest BCUT2D eigenvalue weighted by Crippen LogP contribution is 2.40. The van der Waals surface area contributed by atoms with Gasteiger partial charge in [-0.15, -0.1) is 0 Å². The first-order chi connectivity index (χ1) is 12.6. The first-order valence-electron chi connectivity index (χ1n) is 8.83. The van der Waals surface area contributed by atoms with Crippen LogP contribution < -0.4 is 25.6 Å². The van der Waals surface area contributed by atoms with Gasteiger partial charge in [0.1, 0.15) is 11.4 Å². The summed E-state index contributed by atoms with van der Waals surface area (Å²) < 4.78 is 5.56. The summed E-state index contributed by atoms with van der Waals surface area (Å²) in [5.74, 6) is -0.558. The number of amides is 2. The van der Waals surface area contributed by atoms with Crippen molar-refractivity contribution >= 4 is 28.9 Å². The molecule has 2 fully saturated rings. The molecule has 8 heteroatoms. The van der Waals surface area contributed by atoms with E-state index in [0.29, 0.717) is 12.0 Å². The van der Waals surface area contributed by atoms with E-state index in [1.807, 2.05) is 19.2 Å². The predicted octanol–water partition coefficient (Wildman–Crippen LogP) is 0.567. The molecule has 1 aromatic carbocycles. The Hall–Kier alpha value is -2.61. The van der Waals surface area contributed by atoms with Crippen molar-refractivity contribution in [1.82, 2.24) is 10.6 Å².